The van der Waals surface area contributed by atoms with Crippen LogP contribution in [0.3, 0.4) is 0 Å². The number of likely N-dealkylation sites (tertiary alicyclic amines) is 1. The number of primary amides is 1. The molecule has 2 rings (SSSR count). The molecule has 4 N–H and O–H groups in total. The molecule has 1 aliphatic rings. The summed E-state index contributed by atoms with van der Waals surface area (Å²) >= 11 is 0. The van der Waals surface area contributed by atoms with Crippen LogP contribution in [0.25, 0.3) is 0 Å². The van der Waals surface area contributed by atoms with Gasteiger partial charge in [-0.05, 0) is 25.5 Å². The Hall–Kier alpha value is -2.18. The van der Waals surface area contributed by atoms with Gasteiger partial charge < -0.3 is 16.4 Å². The van der Waals surface area contributed by atoms with Crippen LogP contribution in [0, 0.1) is 17.0 Å². The maximum atomic E-state index is 13.8. The summed E-state index contributed by atoms with van der Waals surface area (Å²) in [4.78, 5) is 24.8. The van der Waals surface area contributed by atoms with Gasteiger partial charge >= 0.3 is 0 Å². The fourth-order valence-electron chi connectivity index (χ4n) is 2.27. The maximum absolute atomic E-state index is 13.8. The number of nitrogen functional groups attached to an aromatic ring is 1. The Labute approximate surface area is 114 Å². The number of benzene rings is 1. The molecule has 1 unspecified atom stereocenters. The number of hydrogen-bond acceptors (Lipinski definition) is 3. The molecule has 1 saturated heterocycles. The molecular formula is C13H15F2N3O2. The van der Waals surface area contributed by atoms with Gasteiger partial charge in [-0.25, -0.2) is 8.78 Å². The van der Waals surface area contributed by atoms with Gasteiger partial charge in [0, 0.05) is 13.1 Å². The first-order valence-electron chi connectivity index (χ1n) is 6.08. The first kappa shape index (κ1) is 14.2. The number of carbonyl (C=O) groups is 2. The normalized spacial score (nSPS) is 22.1. The zero-order chi connectivity index (χ0) is 15.1. The van der Waals surface area contributed by atoms with Crippen molar-refractivity contribution in [3.8, 4) is 0 Å². The van der Waals surface area contributed by atoms with Gasteiger partial charge in [-0.1, -0.05) is 0 Å². The van der Waals surface area contributed by atoms with Crippen molar-refractivity contribution in [1.29, 1.82) is 0 Å². The van der Waals surface area contributed by atoms with E-state index < -0.39 is 40.1 Å². The molecule has 1 heterocycles. The van der Waals surface area contributed by atoms with Crippen LogP contribution in [0.5, 0.6) is 0 Å². The van der Waals surface area contributed by atoms with Crippen LogP contribution in [-0.4, -0.2) is 29.8 Å². The van der Waals surface area contributed by atoms with Crippen molar-refractivity contribution in [2.75, 3.05) is 18.8 Å². The van der Waals surface area contributed by atoms with E-state index in [9.17, 15) is 18.4 Å². The van der Waals surface area contributed by atoms with Crippen LogP contribution in [0.1, 0.15) is 23.7 Å². The highest BCUT2D eigenvalue weighted by Gasteiger charge is 2.41. The smallest absolute Gasteiger partial charge is 0.257 e. The Bertz CT molecular complexity index is 591. The van der Waals surface area contributed by atoms with Crippen molar-refractivity contribution >= 4 is 17.5 Å². The Kier molecular flexibility index (Phi) is 3.37. The molecule has 0 radical (unpaired) electrons. The summed E-state index contributed by atoms with van der Waals surface area (Å²) in [6.45, 7) is 1.98. The van der Waals surface area contributed by atoms with Gasteiger partial charge in [0.15, 0.2) is 5.82 Å². The summed E-state index contributed by atoms with van der Waals surface area (Å²) in [5.41, 5.74) is 8.88. The van der Waals surface area contributed by atoms with Crippen LogP contribution >= 0.6 is 0 Å². The third kappa shape index (κ3) is 2.31. The highest BCUT2D eigenvalue weighted by molar-refractivity contribution is 5.96. The fraction of sp³-hybridized carbons (Fsp3) is 0.385. The maximum Gasteiger partial charge on any atom is 0.257 e. The molecule has 1 aliphatic heterocycles. The van der Waals surface area contributed by atoms with E-state index in [0.717, 1.165) is 12.1 Å². The minimum atomic E-state index is -0.955. The van der Waals surface area contributed by atoms with E-state index in [-0.39, 0.29) is 13.1 Å². The second-order valence-corrected chi connectivity index (χ2v) is 5.26. The molecular weight excluding hydrogens is 268 g/mol. The summed E-state index contributed by atoms with van der Waals surface area (Å²) in [6, 6.07) is 1.61. The summed E-state index contributed by atoms with van der Waals surface area (Å²) in [5, 5.41) is 0. The Morgan fingerprint density at radius 1 is 1.35 bits per heavy atom. The highest BCUT2D eigenvalue weighted by Crippen LogP contribution is 2.31. The van der Waals surface area contributed by atoms with Crippen molar-refractivity contribution in [2.24, 2.45) is 11.1 Å². The standard InChI is InChI=1S/C13H15F2N3O2/c1-13(12(17)20)2-3-18(6-13)11(19)8-4-7(14)5-9(16)10(8)15/h4-5H,2-3,6,16H2,1H3,(H2,17,20). The largest absolute Gasteiger partial charge is 0.396 e. The van der Waals surface area contributed by atoms with Crippen molar-refractivity contribution in [3.63, 3.8) is 0 Å². The molecule has 0 spiro atoms. The molecule has 0 saturated carbocycles. The Morgan fingerprint density at radius 2 is 2.00 bits per heavy atom. The number of amides is 2. The fourth-order valence-corrected chi connectivity index (χ4v) is 2.27. The molecule has 20 heavy (non-hydrogen) atoms. The second-order valence-electron chi connectivity index (χ2n) is 5.26. The van der Waals surface area contributed by atoms with E-state index in [0.29, 0.717) is 6.42 Å². The number of carbonyl (C=O) groups excluding carboxylic acids is 2. The summed E-state index contributed by atoms with van der Waals surface area (Å²) < 4.78 is 27.0. The van der Waals surface area contributed by atoms with Crippen molar-refractivity contribution in [3.05, 3.63) is 29.3 Å². The van der Waals surface area contributed by atoms with Gasteiger partial charge in [-0.2, -0.15) is 0 Å². The van der Waals surface area contributed by atoms with Crippen LogP contribution in [0.2, 0.25) is 0 Å². The summed E-state index contributed by atoms with van der Waals surface area (Å²) in [7, 11) is 0. The lowest BCUT2D eigenvalue weighted by Crippen LogP contribution is -2.38. The second kappa shape index (κ2) is 4.73. The van der Waals surface area contributed by atoms with E-state index in [4.69, 9.17) is 11.5 Å². The van der Waals surface area contributed by atoms with E-state index in [2.05, 4.69) is 0 Å². The molecule has 0 aliphatic carbocycles. The zero-order valence-electron chi connectivity index (χ0n) is 11.0. The molecule has 108 valence electrons. The average molecular weight is 283 g/mol. The first-order chi connectivity index (χ1) is 9.24. The number of rotatable bonds is 2. The topological polar surface area (TPSA) is 89.4 Å². The van der Waals surface area contributed by atoms with Crippen LogP contribution in [0.4, 0.5) is 14.5 Å². The third-order valence-electron chi connectivity index (χ3n) is 3.65. The lowest BCUT2D eigenvalue weighted by atomic mass is 9.89. The van der Waals surface area contributed by atoms with Crippen molar-refractivity contribution in [2.45, 2.75) is 13.3 Å². The molecule has 1 atom stereocenters. The van der Waals surface area contributed by atoms with E-state index in [1.165, 1.54) is 4.90 Å². The number of anilines is 1. The van der Waals surface area contributed by atoms with E-state index in [1.54, 1.807) is 6.92 Å². The molecule has 2 amide bonds. The quantitative estimate of drug-likeness (QED) is 0.790. The third-order valence-corrected chi connectivity index (χ3v) is 3.65. The molecule has 1 fully saturated rings. The monoisotopic (exact) mass is 283 g/mol. The minimum absolute atomic E-state index is 0.0804. The molecule has 0 aromatic heterocycles. The molecule has 0 bridgehead atoms. The van der Waals surface area contributed by atoms with Crippen LogP contribution in [0.15, 0.2) is 12.1 Å². The molecule has 5 nitrogen and oxygen atoms in total. The van der Waals surface area contributed by atoms with Crippen molar-refractivity contribution < 1.29 is 18.4 Å². The Balaban J connectivity index is 2.28. The molecule has 7 heteroatoms. The first-order valence-corrected chi connectivity index (χ1v) is 6.08. The van der Waals surface area contributed by atoms with Gasteiger partial charge in [0.2, 0.25) is 5.91 Å². The molecule has 1 aromatic rings. The number of halogens is 2. The minimum Gasteiger partial charge on any atom is -0.396 e. The van der Waals surface area contributed by atoms with Crippen LogP contribution in [-0.2, 0) is 4.79 Å². The Morgan fingerprint density at radius 3 is 2.55 bits per heavy atom. The lowest BCUT2D eigenvalue weighted by molar-refractivity contribution is -0.126. The summed E-state index contributed by atoms with van der Waals surface area (Å²) in [5.74, 6) is -2.96. The van der Waals surface area contributed by atoms with E-state index in [1.807, 2.05) is 0 Å². The number of hydrogen-bond donors (Lipinski definition) is 2. The SMILES string of the molecule is CC1(C(N)=O)CCN(C(=O)c2cc(F)cc(N)c2F)C1. The lowest BCUT2D eigenvalue weighted by Gasteiger charge is -2.21. The van der Waals surface area contributed by atoms with Gasteiger partial charge in [0.05, 0.1) is 16.7 Å². The van der Waals surface area contributed by atoms with Gasteiger partial charge in [-0.3, -0.25) is 9.59 Å². The number of nitrogens with two attached hydrogens (primary N) is 2. The summed E-state index contributed by atoms with van der Waals surface area (Å²) in [6.07, 6.45) is 0.389. The highest BCUT2D eigenvalue weighted by atomic mass is 19.1. The van der Waals surface area contributed by atoms with Gasteiger partial charge in [-0.15, -0.1) is 0 Å². The number of nitrogens with zero attached hydrogens (tertiary/aromatic N) is 1. The van der Waals surface area contributed by atoms with E-state index >= 15 is 0 Å². The zero-order valence-corrected chi connectivity index (χ0v) is 11.0. The van der Waals surface area contributed by atoms with Gasteiger partial charge in [0.25, 0.3) is 5.91 Å². The predicted molar refractivity (Wildman–Crippen MR) is 68.6 cm³/mol. The molecule has 1 aromatic carbocycles. The average Bonchev–Trinajstić information content (AvgIpc) is 2.77. The predicted octanol–water partition coefficient (Wildman–Crippen LogP) is 0.884. The van der Waals surface area contributed by atoms with Gasteiger partial charge in [0.1, 0.15) is 5.82 Å². The van der Waals surface area contributed by atoms with Crippen molar-refractivity contribution in [1.82, 2.24) is 4.90 Å². The van der Waals surface area contributed by atoms with Crippen LogP contribution < -0.4 is 11.5 Å².